The second-order valence-electron chi connectivity index (χ2n) is 6.51. The molecule has 4 rings (SSSR count). The summed E-state index contributed by atoms with van der Waals surface area (Å²) < 4.78 is 5.42. The van der Waals surface area contributed by atoms with E-state index in [-0.39, 0.29) is 18.5 Å². The van der Waals surface area contributed by atoms with Crippen LogP contribution in [0.3, 0.4) is 0 Å². The fourth-order valence-corrected chi connectivity index (χ4v) is 4.27. The molecule has 3 aromatic rings. The van der Waals surface area contributed by atoms with Gasteiger partial charge in [-0.05, 0) is 60.7 Å². The number of esters is 1. The van der Waals surface area contributed by atoms with E-state index in [1.807, 2.05) is 48.5 Å². The molecule has 0 radical (unpaired) electrons. The molecule has 0 aliphatic heterocycles. The number of hydrogen-bond acceptors (Lipinski definition) is 4. The van der Waals surface area contributed by atoms with Crippen LogP contribution in [0.1, 0.15) is 42.5 Å². The summed E-state index contributed by atoms with van der Waals surface area (Å²) in [5.41, 5.74) is 3.46. The largest absolute Gasteiger partial charge is 0.457 e. The fourth-order valence-electron chi connectivity index (χ4n) is 3.13. The number of aryl methyl sites for hydroxylation is 2. The zero-order valence-corrected chi connectivity index (χ0v) is 15.6. The zero-order chi connectivity index (χ0) is 18.6. The Balaban J connectivity index is 1.33. The standard InChI is InChI=1S/C22H19NO3S/c24-21(23-18-6-2-1-3-7-18)16-11-9-15(10-12-16)14-26-22(25)20-13-17-5-4-8-19(17)27-20/h1-3,6-7,9-13H,4-5,8,14H2,(H,23,24). The Labute approximate surface area is 161 Å². The summed E-state index contributed by atoms with van der Waals surface area (Å²) in [4.78, 5) is 26.5. The summed E-state index contributed by atoms with van der Waals surface area (Å²) in [5.74, 6) is -0.446. The van der Waals surface area contributed by atoms with Gasteiger partial charge in [-0.2, -0.15) is 0 Å². The topological polar surface area (TPSA) is 55.4 Å². The number of carbonyl (C=O) groups is 2. The van der Waals surface area contributed by atoms with E-state index in [0.29, 0.717) is 10.4 Å². The zero-order valence-electron chi connectivity index (χ0n) is 14.7. The van der Waals surface area contributed by atoms with E-state index in [1.165, 1.54) is 16.9 Å². The van der Waals surface area contributed by atoms with Gasteiger partial charge in [0.15, 0.2) is 0 Å². The second kappa shape index (κ2) is 7.76. The molecule has 0 unspecified atom stereocenters. The van der Waals surface area contributed by atoms with Gasteiger partial charge in [0.1, 0.15) is 11.5 Å². The van der Waals surface area contributed by atoms with E-state index in [0.717, 1.165) is 24.1 Å². The minimum atomic E-state index is -0.278. The Hall–Kier alpha value is -2.92. The van der Waals surface area contributed by atoms with E-state index in [9.17, 15) is 9.59 Å². The van der Waals surface area contributed by atoms with Crippen molar-refractivity contribution in [3.8, 4) is 0 Å². The molecule has 1 aliphatic carbocycles. The van der Waals surface area contributed by atoms with Gasteiger partial charge in [0.2, 0.25) is 0 Å². The average Bonchev–Trinajstić information content (AvgIpc) is 3.29. The Morgan fingerprint density at radius 3 is 2.52 bits per heavy atom. The highest BCUT2D eigenvalue weighted by molar-refractivity contribution is 7.14. The van der Waals surface area contributed by atoms with Gasteiger partial charge in [-0.25, -0.2) is 4.79 Å². The predicted molar refractivity (Wildman–Crippen MR) is 106 cm³/mol. The van der Waals surface area contributed by atoms with Crippen molar-refractivity contribution in [1.82, 2.24) is 0 Å². The molecule has 0 atom stereocenters. The molecule has 0 saturated heterocycles. The van der Waals surface area contributed by atoms with Crippen LogP contribution in [0.2, 0.25) is 0 Å². The normalized spacial score (nSPS) is 12.4. The molecule has 1 amide bonds. The van der Waals surface area contributed by atoms with Crippen LogP contribution in [0.4, 0.5) is 5.69 Å². The maximum Gasteiger partial charge on any atom is 0.348 e. The quantitative estimate of drug-likeness (QED) is 0.647. The first-order chi connectivity index (χ1) is 13.2. The van der Waals surface area contributed by atoms with Crippen LogP contribution in [0.5, 0.6) is 0 Å². The molecule has 2 aromatic carbocycles. The van der Waals surface area contributed by atoms with Gasteiger partial charge in [-0.1, -0.05) is 30.3 Å². The van der Waals surface area contributed by atoms with Crippen molar-refractivity contribution in [1.29, 1.82) is 0 Å². The molecule has 1 N–H and O–H groups in total. The molecule has 0 bridgehead atoms. The summed E-state index contributed by atoms with van der Waals surface area (Å²) in [7, 11) is 0. The first-order valence-corrected chi connectivity index (χ1v) is 9.75. The molecule has 0 spiro atoms. The number of amides is 1. The van der Waals surface area contributed by atoms with Gasteiger partial charge in [0.05, 0.1) is 0 Å². The van der Waals surface area contributed by atoms with Crippen LogP contribution >= 0.6 is 11.3 Å². The van der Waals surface area contributed by atoms with E-state index in [4.69, 9.17) is 4.74 Å². The molecule has 0 saturated carbocycles. The molecule has 5 heteroatoms. The minimum Gasteiger partial charge on any atom is -0.457 e. The van der Waals surface area contributed by atoms with Gasteiger partial charge in [0.25, 0.3) is 5.91 Å². The number of benzene rings is 2. The van der Waals surface area contributed by atoms with Gasteiger partial charge in [0, 0.05) is 16.1 Å². The van der Waals surface area contributed by atoms with Crippen LogP contribution < -0.4 is 5.32 Å². The molecule has 136 valence electrons. The molecule has 1 aliphatic rings. The van der Waals surface area contributed by atoms with Crippen molar-refractivity contribution in [2.75, 3.05) is 5.32 Å². The van der Waals surface area contributed by atoms with Crippen molar-refractivity contribution in [3.63, 3.8) is 0 Å². The monoisotopic (exact) mass is 377 g/mol. The number of thiophene rings is 1. The molecule has 0 fully saturated rings. The molecular weight excluding hydrogens is 358 g/mol. The van der Waals surface area contributed by atoms with E-state index >= 15 is 0 Å². The third kappa shape index (κ3) is 4.09. The van der Waals surface area contributed by atoms with E-state index in [2.05, 4.69) is 5.32 Å². The van der Waals surface area contributed by atoms with Crippen molar-refractivity contribution in [2.24, 2.45) is 0 Å². The Morgan fingerprint density at radius 1 is 1.00 bits per heavy atom. The highest BCUT2D eigenvalue weighted by Crippen LogP contribution is 2.31. The number of carbonyl (C=O) groups excluding carboxylic acids is 2. The molecular formula is C22H19NO3S. The molecule has 4 nitrogen and oxygen atoms in total. The highest BCUT2D eigenvalue weighted by atomic mass is 32.1. The number of anilines is 1. The van der Waals surface area contributed by atoms with E-state index < -0.39 is 0 Å². The highest BCUT2D eigenvalue weighted by Gasteiger charge is 2.19. The van der Waals surface area contributed by atoms with Crippen LogP contribution in [0.15, 0.2) is 60.7 Å². The van der Waals surface area contributed by atoms with Crippen molar-refractivity contribution < 1.29 is 14.3 Å². The third-order valence-electron chi connectivity index (χ3n) is 4.57. The van der Waals surface area contributed by atoms with Crippen LogP contribution in [-0.4, -0.2) is 11.9 Å². The average molecular weight is 377 g/mol. The lowest BCUT2D eigenvalue weighted by Gasteiger charge is -2.07. The summed E-state index contributed by atoms with van der Waals surface area (Å²) in [5, 5.41) is 2.85. The number of nitrogens with one attached hydrogen (secondary N) is 1. The number of fused-ring (bicyclic) bond motifs is 1. The van der Waals surface area contributed by atoms with Gasteiger partial charge < -0.3 is 10.1 Å². The maximum atomic E-state index is 12.2. The van der Waals surface area contributed by atoms with Gasteiger partial charge in [-0.3, -0.25) is 4.79 Å². The number of ether oxygens (including phenoxy) is 1. The molecule has 1 aromatic heterocycles. The van der Waals surface area contributed by atoms with Crippen molar-refractivity contribution in [3.05, 3.63) is 87.1 Å². The Bertz CT molecular complexity index is 939. The minimum absolute atomic E-state index is 0.169. The van der Waals surface area contributed by atoms with Gasteiger partial charge >= 0.3 is 5.97 Å². The number of hydrogen-bond donors (Lipinski definition) is 1. The van der Waals surface area contributed by atoms with E-state index in [1.54, 1.807) is 23.5 Å². The maximum absolute atomic E-state index is 12.2. The Morgan fingerprint density at radius 2 is 1.78 bits per heavy atom. The first-order valence-electron chi connectivity index (χ1n) is 8.93. The molecule has 1 heterocycles. The second-order valence-corrected chi connectivity index (χ2v) is 7.64. The van der Waals surface area contributed by atoms with Crippen LogP contribution in [-0.2, 0) is 24.2 Å². The smallest absolute Gasteiger partial charge is 0.348 e. The summed E-state index contributed by atoms with van der Waals surface area (Å²) >= 11 is 1.55. The lowest BCUT2D eigenvalue weighted by molar-refractivity contribution is 0.0478. The van der Waals surface area contributed by atoms with Crippen LogP contribution in [0.25, 0.3) is 0 Å². The first kappa shape index (κ1) is 17.5. The summed E-state index contributed by atoms with van der Waals surface area (Å²) in [6.45, 7) is 0.196. The molecule has 27 heavy (non-hydrogen) atoms. The SMILES string of the molecule is O=C(Nc1ccccc1)c1ccc(COC(=O)c2cc3c(s2)CCC3)cc1. The lowest BCUT2D eigenvalue weighted by atomic mass is 10.1. The third-order valence-corrected chi connectivity index (χ3v) is 5.78. The fraction of sp³-hybridized carbons (Fsp3) is 0.182. The van der Waals surface area contributed by atoms with Gasteiger partial charge in [-0.15, -0.1) is 11.3 Å². The Kier molecular flexibility index (Phi) is 5.03. The summed E-state index contributed by atoms with van der Waals surface area (Å²) in [6.07, 6.45) is 3.31. The summed E-state index contributed by atoms with van der Waals surface area (Å²) in [6, 6.07) is 18.4. The number of rotatable bonds is 5. The van der Waals surface area contributed by atoms with Crippen molar-refractivity contribution >= 4 is 28.9 Å². The van der Waals surface area contributed by atoms with Crippen molar-refractivity contribution in [2.45, 2.75) is 25.9 Å². The predicted octanol–water partition coefficient (Wildman–Crippen LogP) is 4.85. The lowest BCUT2D eigenvalue weighted by Crippen LogP contribution is -2.11. The van der Waals surface area contributed by atoms with Crippen LogP contribution in [0, 0.1) is 0 Å². The number of para-hydroxylation sites is 1.